The average Bonchev–Trinajstić information content (AvgIpc) is 2.88. The normalized spacial score (nSPS) is 22.0. The fourth-order valence-corrected chi connectivity index (χ4v) is 2.22. The number of imide groups is 1. The zero-order valence-corrected chi connectivity index (χ0v) is 11.5. The number of nitrogens with zero attached hydrogens (tertiary/aromatic N) is 4. The lowest BCUT2D eigenvalue weighted by molar-refractivity contribution is -0.129. The van der Waals surface area contributed by atoms with Crippen molar-refractivity contribution in [2.75, 3.05) is 13.1 Å². The Morgan fingerprint density at radius 2 is 1.74 bits per heavy atom. The number of aliphatic imine (C=N–C) groups is 2. The van der Waals surface area contributed by atoms with Gasteiger partial charge in [0.25, 0.3) is 5.91 Å². The van der Waals surface area contributed by atoms with Crippen LogP contribution in [0.4, 0.5) is 4.79 Å². The quantitative estimate of drug-likeness (QED) is 0.732. The van der Waals surface area contributed by atoms with Gasteiger partial charge in [0.1, 0.15) is 12.2 Å². The molecule has 19 heavy (non-hydrogen) atoms. The van der Waals surface area contributed by atoms with E-state index in [0.717, 1.165) is 25.7 Å². The van der Waals surface area contributed by atoms with Crippen LogP contribution >= 0.6 is 0 Å². The van der Waals surface area contributed by atoms with Crippen LogP contribution in [-0.2, 0) is 4.79 Å². The summed E-state index contributed by atoms with van der Waals surface area (Å²) < 4.78 is 0. The van der Waals surface area contributed by atoms with Crippen molar-refractivity contribution in [3.8, 4) is 0 Å². The Morgan fingerprint density at radius 1 is 1.11 bits per heavy atom. The summed E-state index contributed by atoms with van der Waals surface area (Å²) in [6.45, 7) is 5.17. The molecule has 0 aromatic heterocycles. The molecule has 0 N–H and O–H groups in total. The van der Waals surface area contributed by atoms with Gasteiger partial charge in [-0.25, -0.2) is 9.79 Å². The van der Waals surface area contributed by atoms with Crippen molar-refractivity contribution in [3.05, 3.63) is 0 Å². The summed E-state index contributed by atoms with van der Waals surface area (Å²) in [5.41, 5.74) is 0. The number of carbonyl (C=O) groups is 2. The molecule has 1 atom stereocenters. The molecule has 0 aliphatic carbocycles. The van der Waals surface area contributed by atoms with Crippen LogP contribution in [-0.4, -0.2) is 53.0 Å². The molecule has 0 saturated carbocycles. The van der Waals surface area contributed by atoms with Crippen molar-refractivity contribution in [2.45, 2.75) is 45.6 Å². The van der Waals surface area contributed by atoms with E-state index in [9.17, 15) is 9.59 Å². The van der Waals surface area contributed by atoms with E-state index in [-0.39, 0.29) is 11.9 Å². The van der Waals surface area contributed by atoms with Crippen molar-refractivity contribution in [1.29, 1.82) is 0 Å². The molecule has 0 spiro atoms. The first-order chi connectivity index (χ1) is 9.20. The minimum Gasteiger partial charge on any atom is -0.279 e. The molecule has 104 valence electrons. The Kier molecular flexibility index (Phi) is 4.29. The third kappa shape index (κ3) is 2.52. The van der Waals surface area contributed by atoms with Gasteiger partial charge in [-0.2, -0.15) is 0 Å². The average molecular weight is 264 g/mol. The maximum absolute atomic E-state index is 12.4. The van der Waals surface area contributed by atoms with Gasteiger partial charge in [-0.15, -0.1) is 0 Å². The van der Waals surface area contributed by atoms with E-state index in [1.165, 1.54) is 11.2 Å². The maximum atomic E-state index is 12.4. The topological polar surface area (TPSA) is 65.3 Å². The third-order valence-electron chi connectivity index (χ3n) is 3.36. The van der Waals surface area contributed by atoms with Crippen LogP contribution in [0.25, 0.3) is 0 Å². The largest absolute Gasteiger partial charge is 0.332 e. The van der Waals surface area contributed by atoms with Crippen molar-refractivity contribution >= 4 is 24.1 Å². The van der Waals surface area contributed by atoms with Crippen LogP contribution in [0, 0.1) is 0 Å². The molecule has 0 radical (unpaired) electrons. The molecule has 6 heteroatoms. The van der Waals surface area contributed by atoms with E-state index in [0.29, 0.717) is 18.9 Å². The first-order valence-corrected chi connectivity index (χ1v) is 6.92. The molecule has 2 heterocycles. The lowest BCUT2D eigenvalue weighted by atomic mass is 10.1. The number of fused-ring (bicyclic) bond motifs is 1. The molecule has 0 bridgehead atoms. The number of rotatable bonds is 6. The van der Waals surface area contributed by atoms with Crippen LogP contribution in [0.5, 0.6) is 0 Å². The van der Waals surface area contributed by atoms with Crippen LogP contribution in [0.15, 0.2) is 9.98 Å². The van der Waals surface area contributed by atoms with Crippen molar-refractivity contribution in [2.24, 2.45) is 9.98 Å². The maximum Gasteiger partial charge on any atom is 0.332 e. The van der Waals surface area contributed by atoms with Crippen LogP contribution in [0.3, 0.4) is 0 Å². The van der Waals surface area contributed by atoms with Crippen molar-refractivity contribution < 1.29 is 9.59 Å². The molecule has 1 saturated heterocycles. The standard InChI is InChI=1S/C13H20N4O2/c1-3-5-7-16-11-10(14-9-15-11)12(18)17(13(16)19)8-6-4-2/h9-10H,3-8H2,1-2H3. The molecule has 6 nitrogen and oxygen atoms in total. The van der Waals surface area contributed by atoms with Crippen molar-refractivity contribution in [1.82, 2.24) is 9.80 Å². The van der Waals surface area contributed by atoms with Gasteiger partial charge in [-0.3, -0.25) is 19.6 Å². The lowest BCUT2D eigenvalue weighted by Gasteiger charge is -2.36. The Balaban J connectivity index is 2.18. The van der Waals surface area contributed by atoms with Crippen LogP contribution < -0.4 is 0 Å². The van der Waals surface area contributed by atoms with E-state index in [4.69, 9.17) is 0 Å². The van der Waals surface area contributed by atoms with Gasteiger partial charge in [-0.05, 0) is 12.8 Å². The predicted molar refractivity (Wildman–Crippen MR) is 73.3 cm³/mol. The Morgan fingerprint density at radius 3 is 2.37 bits per heavy atom. The second kappa shape index (κ2) is 5.95. The Labute approximate surface area is 113 Å². The second-order valence-electron chi connectivity index (χ2n) is 4.79. The number of urea groups is 1. The fraction of sp³-hybridized carbons (Fsp3) is 0.692. The van der Waals surface area contributed by atoms with E-state index in [1.54, 1.807) is 4.90 Å². The predicted octanol–water partition coefficient (Wildman–Crippen LogP) is 1.66. The lowest BCUT2D eigenvalue weighted by Crippen LogP contribution is -2.61. The van der Waals surface area contributed by atoms with Crippen molar-refractivity contribution in [3.63, 3.8) is 0 Å². The number of carbonyl (C=O) groups excluding carboxylic acids is 2. The highest BCUT2D eigenvalue weighted by molar-refractivity contribution is 6.23. The fourth-order valence-electron chi connectivity index (χ4n) is 2.22. The number of amides is 3. The Bertz CT molecular complexity index is 430. The molecule has 2 aliphatic rings. The summed E-state index contributed by atoms with van der Waals surface area (Å²) in [6.07, 6.45) is 5.04. The minimum absolute atomic E-state index is 0.237. The van der Waals surface area contributed by atoms with Crippen LogP contribution in [0.1, 0.15) is 39.5 Å². The molecule has 3 amide bonds. The van der Waals surface area contributed by atoms with Gasteiger partial charge in [-0.1, -0.05) is 26.7 Å². The van der Waals surface area contributed by atoms with Gasteiger partial charge in [0, 0.05) is 13.1 Å². The monoisotopic (exact) mass is 264 g/mol. The molecule has 1 unspecified atom stereocenters. The smallest absolute Gasteiger partial charge is 0.279 e. The summed E-state index contributed by atoms with van der Waals surface area (Å²) in [7, 11) is 0. The van der Waals surface area contributed by atoms with Gasteiger partial charge < -0.3 is 0 Å². The molecule has 1 fully saturated rings. The third-order valence-corrected chi connectivity index (χ3v) is 3.36. The number of hydrogen-bond donors (Lipinski definition) is 0. The molecule has 0 aromatic carbocycles. The zero-order chi connectivity index (χ0) is 13.8. The van der Waals surface area contributed by atoms with Gasteiger partial charge in [0.2, 0.25) is 0 Å². The zero-order valence-electron chi connectivity index (χ0n) is 11.5. The molecule has 2 aliphatic heterocycles. The SMILES string of the molecule is CCCCN1C(=O)C2N=CN=C2N(CCCC)C1=O. The van der Waals surface area contributed by atoms with Gasteiger partial charge in [0.15, 0.2) is 6.04 Å². The molecule has 2 rings (SSSR count). The second-order valence-corrected chi connectivity index (χ2v) is 4.79. The summed E-state index contributed by atoms with van der Waals surface area (Å²) in [5, 5.41) is 0. The van der Waals surface area contributed by atoms with Gasteiger partial charge >= 0.3 is 6.03 Å². The molecular weight excluding hydrogens is 244 g/mol. The summed E-state index contributed by atoms with van der Waals surface area (Å²) in [6, 6.07) is -0.848. The van der Waals surface area contributed by atoms with Crippen LogP contribution in [0.2, 0.25) is 0 Å². The first kappa shape index (κ1) is 13.7. The highest BCUT2D eigenvalue weighted by Crippen LogP contribution is 2.20. The highest BCUT2D eigenvalue weighted by atomic mass is 16.2. The number of hydrogen-bond acceptors (Lipinski definition) is 4. The molecule has 0 aromatic rings. The van der Waals surface area contributed by atoms with E-state index in [1.807, 2.05) is 6.92 Å². The Hall–Kier alpha value is -1.72. The highest BCUT2D eigenvalue weighted by Gasteiger charge is 2.44. The van der Waals surface area contributed by atoms with E-state index in [2.05, 4.69) is 16.9 Å². The number of unbranched alkanes of at least 4 members (excludes halogenated alkanes) is 2. The first-order valence-electron chi connectivity index (χ1n) is 6.92. The summed E-state index contributed by atoms with van der Waals surface area (Å²) >= 11 is 0. The minimum atomic E-state index is -0.605. The van der Waals surface area contributed by atoms with Gasteiger partial charge in [0.05, 0.1) is 0 Å². The summed E-state index contributed by atoms with van der Waals surface area (Å²) in [5.74, 6) is 0.259. The molecular formula is C13H20N4O2. The number of amidine groups is 1. The van der Waals surface area contributed by atoms with E-state index < -0.39 is 6.04 Å². The summed E-state index contributed by atoms with van der Waals surface area (Å²) in [4.78, 5) is 35.7. The van der Waals surface area contributed by atoms with E-state index >= 15 is 0 Å².